The van der Waals surface area contributed by atoms with Gasteiger partial charge in [0.1, 0.15) is 12.3 Å². The molecular formula is C23H21ClIN3O4S. The second-order valence-corrected chi connectivity index (χ2v) is 10.4. The number of ether oxygens (including phenoxy) is 1. The molecule has 3 aromatic rings. The van der Waals surface area contributed by atoms with Gasteiger partial charge in [0.05, 0.1) is 28.4 Å². The Labute approximate surface area is 211 Å². The van der Waals surface area contributed by atoms with Crippen molar-refractivity contribution in [2.75, 3.05) is 18.0 Å². The van der Waals surface area contributed by atoms with Gasteiger partial charge in [-0.05, 0) is 77.5 Å². The Morgan fingerprint density at radius 3 is 2.36 bits per heavy atom. The molecule has 7 nitrogen and oxygen atoms in total. The number of nitrogens with one attached hydrogen (secondary N) is 1. The zero-order valence-corrected chi connectivity index (χ0v) is 21.6. The minimum absolute atomic E-state index is 0.0447. The number of carbonyl (C=O) groups excluding carboxylic acids is 1. The molecule has 0 aliphatic rings. The second-order valence-electron chi connectivity index (χ2n) is 6.88. The molecule has 0 radical (unpaired) electrons. The van der Waals surface area contributed by atoms with Gasteiger partial charge in [0.15, 0.2) is 0 Å². The second kappa shape index (κ2) is 11.0. The summed E-state index contributed by atoms with van der Waals surface area (Å²) in [6.45, 7) is 1.26. The molecule has 0 fully saturated rings. The fourth-order valence-corrected chi connectivity index (χ4v) is 4.96. The monoisotopic (exact) mass is 597 g/mol. The molecule has 0 saturated carbocycles. The van der Waals surface area contributed by atoms with Gasteiger partial charge >= 0.3 is 0 Å². The van der Waals surface area contributed by atoms with E-state index in [1.807, 2.05) is 24.3 Å². The predicted molar refractivity (Wildman–Crippen MR) is 138 cm³/mol. The summed E-state index contributed by atoms with van der Waals surface area (Å²) in [5.74, 6) is -0.217. The van der Waals surface area contributed by atoms with Crippen molar-refractivity contribution in [1.82, 2.24) is 5.43 Å². The van der Waals surface area contributed by atoms with E-state index in [-0.39, 0.29) is 15.6 Å². The third-order valence-corrected chi connectivity index (χ3v) is 7.45. The molecule has 0 aliphatic heterocycles. The van der Waals surface area contributed by atoms with Crippen LogP contribution in [-0.4, -0.2) is 33.7 Å². The highest BCUT2D eigenvalue weighted by atomic mass is 127. The number of nitrogens with zero attached hydrogens (tertiary/aromatic N) is 2. The Morgan fingerprint density at radius 1 is 1.09 bits per heavy atom. The van der Waals surface area contributed by atoms with E-state index in [1.54, 1.807) is 31.2 Å². The lowest BCUT2D eigenvalue weighted by Gasteiger charge is -2.24. The van der Waals surface area contributed by atoms with Crippen LogP contribution in [0.5, 0.6) is 5.75 Å². The van der Waals surface area contributed by atoms with Gasteiger partial charge in [-0.15, -0.1) is 0 Å². The maximum atomic E-state index is 13.4. The molecule has 3 rings (SSSR count). The molecule has 1 N–H and O–H groups in total. The SMILES string of the molecule is COc1ccc(N(CC(=O)NN=C(C)c2ccc(I)cc2)S(=O)(=O)c2ccccc2)cc1Cl. The average Bonchev–Trinajstić information content (AvgIpc) is 2.82. The molecule has 10 heteroatoms. The summed E-state index contributed by atoms with van der Waals surface area (Å²) < 4.78 is 33.9. The van der Waals surface area contributed by atoms with Crippen LogP contribution in [0.25, 0.3) is 0 Å². The van der Waals surface area contributed by atoms with Gasteiger partial charge in [0, 0.05) is 3.57 Å². The molecule has 3 aromatic carbocycles. The lowest BCUT2D eigenvalue weighted by atomic mass is 10.1. The molecular weight excluding hydrogens is 577 g/mol. The number of amides is 1. The number of benzene rings is 3. The van der Waals surface area contributed by atoms with Gasteiger partial charge in [-0.25, -0.2) is 13.8 Å². The number of rotatable bonds is 8. The molecule has 33 heavy (non-hydrogen) atoms. The van der Waals surface area contributed by atoms with Crippen LogP contribution in [-0.2, 0) is 14.8 Å². The molecule has 0 unspecified atom stereocenters. The van der Waals surface area contributed by atoms with E-state index in [2.05, 4.69) is 33.1 Å². The third kappa shape index (κ3) is 6.24. The van der Waals surface area contributed by atoms with Crippen LogP contribution in [0.2, 0.25) is 5.02 Å². The van der Waals surface area contributed by atoms with E-state index in [4.69, 9.17) is 16.3 Å². The lowest BCUT2D eigenvalue weighted by Crippen LogP contribution is -2.39. The largest absolute Gasteiger partial charge is 0.495 e. The highest BCUT2D eigenvalue weighted by molar-refractivity contribution is 14.1. The Balaban J connectivity index is 1.89. The summed E-state index contributed by atoms with van der Waals surface area (Å²) in [4.78, 5) is 12.8. The quantitative estimate of drug-likeness (QED) is 0.232. The van der Waals surface area contributed by atoms with Crippen LogP contribution >= 0.6 is 34.2 Å². The smallest absolute Gasteiger partial charge is 0.264 e. The fraction of sp³-hybridized carbons (Fsp3) is 0.130. The molecule has 0 aliphatic carbocycles. The van der Waals surface area contributed by atoms with Gasteiger partial charge in [-0.3, -0.25) is 9.10 Å². The maximum absolute atomic E-state index is 13.4. The van der Waals surface area contributed by atoms with Gasteiger partial charge in [-0.2, -0.15) is 5.10 Å². The van der Waals surface area contributed by atoms with Gasteiger partial charge in [-0.1, -0.05) is 41.9 Å². The fourth-order valence-electron chi connectivity index (χ4n) is 2.91. The van der Waals surface area contributed by atoms with Crippen LogP contribution in [0, 0.1) is 3.57 Å². The lowest BCUT2D eigenvalue weighted by molar-refractivity contribution is -0.119. The molecule has 0 atom stereocenters. The van der Waals surface area contributed by atoms with Crippen LogP contribution in [0.4, 0.5) is 5.69 Å². The molecule has 0 bridgehead atoms. The van der Waals surface area contributed by atoms with E-state index in [0.29, 0.717) is 11.5 Å². The number of anilines is 1. The highest BCUT2D eigenvalue weighted by Gasteiger charge is 2.27. The summed E-state index contributed by atoms with van der Waals surface area (Å²) in [6, 6.07) is 20.0. The minimum Gasteiger partial charge on any atom is -0.495 e. The molecule has 0 saturated heterocycles. The van der Waals surface area contributed by atoms with Gasteiger partial charge in [0.25, 0.3) is 15.9 Å². The normalized spacial score (nSPS) is 11.7. The van der Waals surface area contributed by atoms with Crippen molar-refractivity contribution in [2.24, 2.45) is 5.10 Å². The molecule has 0 heterocycles. The van der Waals surface area contributed by atoms with E-state index in [0.717, 1.165) is 13.4 Å². The number of sulfonamides is 1. The number of methoxy groups -OCH3 is 1. The minimum atomic E-state index is -4.06. The Hall–Kier alpha value is -2.63. The first kappa shape index (κ1) is 25.0. The van der Waals surface area contributed by atoms with E-state index >= 15 is 0 Å². The Morgan fingerprint density at radius 2 is 1.76 bits per heavy atom. The topological polar surface area (TPSA) is 88.1 Å². The highest BCUT2D eigenvalue weighted by Crippen LogP contribution is 2.31. The van der Waals surface area contributed by atoms with Crippen LogP contribution < -0.4 is 14.5 Å². The van der Waals surface area contributed by atoms with E-state index < -0.39 is 22.5 Å². The summed E-state index contributed by atoms with van der Waals surface area (Å²) in [5, 5.41) is 4.34. The summed E-state index contributed by atoms with van der Waals surface area (Å²) in [5.41, 5.74) is 4.09. The van der Waals surface area contributed by atoms with Gasteiger partial charge in [0.2, 0.25) is 0 Å². The number of hydrazone groups is 1. The Bertz CT molecular complexity index is 1270. The van der Waals surface area contributed by atoms with E-state index in [9.17, 15) is 13.2 Å². The zero-order chi connectivity index (χ0) is 24.0. The van der Waals surface area contributed by atoms with E-state index in [1.165, 1.54) is 31.4 Å². The van der Waals surface area contributed by atoms with Crippen molar-refractivity contribution >= 4 is 61.5 Å². The van der Waals surface area contributed by atoms with Crippen molar-refractivity contribution in [3.63, 3.8) is 0 Å². The van der Waals surface area contributed by atoms with Crippen molar-refractivity contribution in [2.45, 2.75) is 11.8 Å². The number of hydrogen-bond donors (Lipinski definition) is 1. The standard InChI is InChI=1S/C23H21ClIN3O4S/c1-16(17-8-10-18(25)11-9-17)26-27-23(29)15-28(19-12-13-22(32-2)21(24)14-19)33(30,31)20-6-4-3-5-7-20/h3-14H,15H2,1-2H3,(H,27,29). The average molecular weight is 598 g/mol. The van der Waals surface area contributed by atoms with Crippen molar-refractivity contribution in [1.29, 1.82) is 0 Å². The summed E-state index contributed by atoms with van der Waals surface area (Å²) in [7, 11) is -2.60. The molecule has 1 amide bonds. The molecule has 0 aromatic heterocycles. The first-order chi connectivity index (χ1) is 15.7. The zero-order valence-electron chi connectivity index (χ0n) is 17.8. The Kier molecular flexibility index (Phi) is 8.33. The summed E-state index contributed by atoms with van der Waals surface area (Å²) >= 11 is 8.42. The molecule has 0 spiro atoms. The van der Waals surface area contributed by atoms with Crippen molar-refractivity contribution in [3.05, 3.63) is 87.0 Å². The summed E-state index contributed by atoms with van der Waals surface area (Å²) in [6.07, 6.45) is 0. The first-order valence-electron chi connectivity index (χ1n) is 9.73. The van der Waals surface area contributed by atoms with Crippen molar-refractivity contribution in [3.8, 4) is 5.75 Å². The first-order valence-corrected chi connectivity index (χ1v) is 12.6. The third-order valence-electron chi connectivity index (χ3n) is 4.65. The maximum Gasteiger partial charge on any atom is 0.264 e. The number of carbonyl (C=O) groups is 1. The van der Waals surface area contributed by atoms with Crippen LogP contribution in [0.3, 0.4) is 0 Å². The van der Waals surface area contributed by atoms with Crippen LogP contribution in [0.1, 0.15) is 12.5 Å². The predicted octanol–water partition coefficient (Wildman–Crippen LogP) is 4.69. The van der Waals surface area contributed by atoms with Crippen LogP contribution in [0.15, 0.2) is 82.8 Å². The number of hydrogen-bond acceptors (Lipinski definition) is 5. The van der Waals surface area contributed by atoms with Gasteiger partial charge < -0.3 is 4.74 Å². The molecule has 172 valence electrons. The van der Waals surface area contributed by atoms with Crippen molar-refractivity contribution < 1.29 is 17.9 Å². The number of halogens is 2.